The third-order valence-electron chi connectivity index (χ3n) is 4.02. The molecule has 0 radical (unpaired) electrons. The van der Waals surface area contributed by atoms with Crippen LogP contribution in [0.4, 0.5) is 0 Å². The molecule has 0 unspecified atom stereocenters. The molecule has 7 heteroatoms. The van der Waals surface area contributed by atoms with Crippen molar-refractivity contribution in [3.05, 3.63) is 33.8 Å². The van der Waals surface area contributed by atoms with Crippen LogP contribution >= 0.6 is 23.2 Å². The van der Waals surface area contributed by atoms with E-state index < -0.39 is 18.1 Å². The molecule has 0 bridgehead atoms. The van der Waals surface area contributed by atoms with Crippen molar-refractivity contribution in [2.45, 2.75) is 38.2 Å². The van der Waals surface area contributed by atoms with Crippen LogP contribution in [-0.4, -0.2) is 43.2 Å². The highest BCUT2D eigenvalue weighted by Gasteiger charge is 2.40. The molecular formula is C16H21Cl2NO4. The molecule has 5 nitrogen and oxygen atoms in total. The maximum atomic E-state index is 11.2. The van der Waals surface area contributed by atoms with E-state index in [0.29, 0.717) is 29.5 Å². The van der Waals surface area contributed by atoms with Crippen molar-refractivity contribution in [3.8, 4) is 0 Å². The van der Waals surface area contributed by atoms with Gasteiger partial charge in [-0.05, 0) is 37.1 Å². The fourth-order valence-electron chi connectivity index (χ4n) is 2.75. The van der Waals surface area contributed by atoms with Crippen molar-refractivity contribution in [1.82, 2.24) is 5.32 Å². The molecule has 2 rings (SSSR count). The quantitative estimate of drug-likeness (QED) is 0.781. The molecule has 0 saturated carbocycles. The number of likely N-dealkylation sites (N-methyl/N-ethyl adjacent to an activating group) is 1. The standard InChI is InChI=1S/C16H21Cl2NO4/c1-9-7-13(23-15(9)14(19-2)16(20)21)22-6-5-10-3-4-11(17)12(18)8-10/h3-4,8-9,13-15,19H,5-7H2,1-2H3,(H,20,21)/t9-,13+,14+,15-/m1/s1. The van der Waals surface area contributed by atoms with Gasteiger partial charge in [0.25, 0.3) is 0 Å². The van der Waals surface area contributed by atoms with Crippen LogP contribution in [0.25, 0.3) is 0 Å². The van der Waals surface area contributed by atoms with E-state index in [-0.39, 0.29) is 12.2 Å². The Kier molecular flexibility index (Phi) is 6.68. The lowest BCUT2D eigenvalue weighted by molar-refractivity contribution is -0.157. The number of nitrogens with one attached hydrogen (secondary N) is 1. The van der Waals surface area contributed by atoms with E-state index >= 15 is 0 Å². The normalized spacial score (nSPS) is 25.5. The number of hydrogen-bond donors (Lipinski definition) is 2. The summed E-state index contributed by atoms with van der Waals surface area (Å²) in [7, 11) is 1.62. The van der Waals surface area contributed by atoms with Gasteiger partial charge in [-0.25, -0.2) is 0 Å². The Hall–Kier alpha value is -0.850. The summed E-state index contributed by atoms with van der Waals surface area (Å²) in [5, 5.41) is 13.0. The summed E-state index contributed by atoms with van der Waals surface area (Å²) >= 11 is 11.9. The molecule has 1 aromatic rings. The third kappa shape index (κ3) is 4.81. The van der Waals surface area contributed by atoms with Crippen molar-refractivity contribution in [3.63, 3.8) is 0 Å². The van der Waals surface area contributed by atoms with Crippen molar-refractivity contribution >= 4 is 29.2 Å². The highest BCUT2D eigenvalue weighted by Crippen LogP contribution is 2.29. The lowest BCUT2D eigenvalue weighted by Gasteiger charge is -2.22. The van der Waals surface area contributed by atoms with E-state index in [1.54, 1.807) is 13.1 Å². The first kappa shape index (κ1) is 18.5. The molecule has 0 spiro atoms. The molecule has 0 aromatic heterocycles. The van der Waals surface area contributed by atoms with Gasteiger partial charge >= 0.3 is 5.97 Å². The predicted octanol–water partition coefficient (Wildman–Crippen LogP) is 2.98. The van der Waals surface area contributed by atoms with E-state index in [1.165, 1.54) is 0 Å². The molecule has 1 aliphatic heterocycles. The van der Waals surface area contributed by atoms with E-state index in [0.717, 1.165) is 5.56 Å². The SMILES string of the molecule is CN[C@H](C(=O)O)[C@@H]1O[C@H](OCCc2ccc(Cl)c(Cl)c2)C[C@H]1C. The molecule has 1 aliphatic rings. The van der Waals surface area contributed by atoms with Crippen LogP contribution in [0.2, 0.25) is 10.0 Å². The number of ether oxygens (including phenoxy) is 2. The van der Waals surface area contributed by atoms with Crippen LogP contribution in [0, 0.1) is 5.92 Å². The molecule has 0 aliphatic carbocycles. The molecule has 4 atom stereocenters. The number of aliphatic carboxylic acids is 1. The maximum absolute atomic E-state index is 11.2. The molecule has 128 valence electrons. The first-order chi connectivity index (χ1) is 10.9. The second-order valence-corrected chi connectivity index (χ2v) is 6.53. The Balaban J connectivity index is 1.83. The number of carboxylic acid groups (broad SMARTS) is 1. The number of halogens is 2. The van der Waals surface area contributed by atoms with Gasteiger partial charge in [0, 0.05) is 6.42 Å². The van der Waals surface area contributed by atoms with Gasteiger partial charge in [-0.2, -0.15) is 0 Å². The summed E-state index contributed by atoms with van der Waals surface area (Å²) in [6.07, 6.45) is 0.585. The number of rotatable bonds is 7. The average Bonchev–Trinajstić information content (AvgIpc) is 2.84. The summed E-state index contributed by atoms with van der Waals surface area (Å²) in [6.45, 7) is 2.44. The molecule has 0 amide bonds. The van der Waals surface area contributed by atoms with Crippen molar-refractivity contribution in [1.29, 1.82) is 0 Å². The topological polar surface area (TPSA) is 67.8 Å². The Morgan fingerprint density at radius 2 is 2.22 bits per heavy atom. The lowest BCUT2D eigenvalue weighted by atomic mass is 9.97. The van der Waals surface area contributed by atoms with E-state index in [1.807, 2.05) is 19.1 Å². The van der Waals surface area contributed by atoms with E-state index in [2.05, 4.69) is 5.32 Å². The van der Waals surface area contributed by atoms with Gasteiger partial charge in [-0.15, -0.1) is 0 Å². The smallest absolute Gasteiger partial charge is 0.323 e. The largest absolute Gasteiger partial charge is 0.480 e. The minimum atomic E-state index is -0.916. The highest BCUT2D eigenvalue weighted by atomic mass is 35.5. The first-order valence-corrected chi connectivity index (χ1v) is 8.29. The number of hydrogen-bond acceptors (Lipinski definition) is 4. The lowest BCUT2D eigenvalue weighted by Crippen LogP contribution is -2.46. The first-order valence-electron chi connectivity index (χ1n) is 7.53. The van der Waals surface area contributed by atoms with Crippen LogP contribution in [0.1, 0.15) is 18.9 Å². The zero-order valence-electron chi connectivity index (χ0n) is 13.1. The van der Waals surface area contributed by atoms with Gasteiger partial charge in [0.05, 0.1) is 22.8 Å². The summed E-state index contributed by atoms with van der Waals surface area (Å²) in [4.78, 5) is 11.2. The van der Waals surface area contributed by atoms with Gasteiger partial charge in [0.2, 0.25) is 0 Å². The maximum Gasteiger partial charge on any atom is 0.323 e. The number of carbonyl (C=O) groups is 1. The Bertz CT molecular complexity index is 555. The molecule has 1 fully saturated rings. The molecule has 1 aromatic carbocycles. The van der Waals surface area contributed by atoms with Crippen LogP contribution < -0.4 is 5.32 Å². The molecule has 1 heterocycles. The molecular weight excluding hydrogens is 341 g/mol. The van der Waals surface area contributed by atoms with E-state index in [4.69, 9.17) is 32.7 Å². The Labute approximate surface area is 145 Å². The second kappa shape index (κ2) is 8.31. The molecule has 1 saturated heterocycles. The number of carboxylic acids is 1. The van der Waals surface area contributed by atoms with Gasteiger partial charge in [0.1, 0.15) is 6.04 Å². The second-order valence-electron chi connectivity index (χ2n) is 5.72. The van der Waals surface area contributed by atoms with Crippen molar-refractivity contribution in [2.24, 2.45) is 5.92 Å². The zero-order chi connectivity index (χ0) is 17.0. The van der Waals surface area contributed by atoms with Crippen molar-refractivity contribution < 1.29 is 19.4 Å². The minimum absolute atomic E-state index is 0.110. The highest BCUT2D eigenvalue weighted by molar-refractivity contribution is 6.42. The fourth-order valence-corrected chi connectivity index (χ4v) is 3.07. The monoisotopic (exact) mass is 361 g/mol. The Morgan fingerprint density at radius 3 is 2.83 bits per heavy atom. The molecule has 23 heavy (non-hydrogen) atoms. The summed E-state index contributed by atoms with van der Waals surface area (Å²) in [6, 6.07) is 4.75. The predicted molar refractivity (Wildman–Crippen MR) is 89.0 cm³/mol. The zero-order valence-corrected chi connectivity index (χ0v) is 14.6. The minimum Gasteiger partial charge on any atom is -0.480 e. The van der Waals surface area contributed by atoms with Gasteiger partial charge < -0.3 is 19.9 Å². The average molecular weight is 362 g/mol. The summed E-state index contributed by atoms with van der Waals surface area (Å²) < 4.78 is 11.5. The van der Waals surface area contributed by atoms with Crippen LogP contribution in [0.15, 0.2) is 18.2 Å². The van der Waals surface area contributed by atoms with Gasteiger partial charge in [-0.1, -0.05) is 36.2 Å². The van der Waals surface area contributed by atoms with Crippen LogP contribution in [-0.2, 0) is 20.7 Å². The Morgan fingerprint density at radius 1 is 1.48 bits per heavy atom. The summed E-state index contributed by atoms with van der Waals surface area (Å²) in [5.74, 6) is -0.806. The van der Waals surface area contributed by atoms with Gasteiger partial charge in [-0.3, -0.25) is 4.79 Å². The van der Waals surface area contributed by atoms with Crippen LogP contribution in [0.5, 0.6) is 0 Å². The van der Waals surface area contributed by atoms with Crippen LogP contribution in [0.3, 0.4) is 0 Å². The molecule has 2 N–H and O–H groups in total. The van der Waals surface area contributed by atoms with Crippen molar-refractivity contribution in [2.75, 3.05) is 13.7 Å². The van der Waals surface area contributed by atoms with E-state index in [9.17, 15) is 9.90 Å². The summed E-state index contributed by atoms with van der Waals surface area (Å²) in [5.41, 5.74) is 1.03. The fraction of sp³-hybridized carbons (Fsp3) is 0.562. The van der Waals surface area contributed by atoms with Gasteiger partial charge in [0.15, 0.2) is 6.29 Å². The third-order valence-corrected chi connectivity index (χ3v) is 4.76. The number of benzene rings is 1.